The Morgan fingerprint density at radius 3 is 1.88 bits per heavy atom. The van der Waals surface area contributed by atoms with E-state index < -0.39 is 11.8 Å². The molecule has 1 atom stereocenters. The Morgan fingerprint density at radius 2 is 1.36 bits per heavy atom. The van der Waals surface area contributed by atoms with E-state index in [2.05, 4.69) is 0 Å². The van der Waals surface area contributed by atoms with Gasteiger partial charge in [0.05, 0.1) is 11.5 Å². The molecular weight excluding hydrogens is 316 g/mol. The molecule has 0 saturated carbocycles. The van der Waals surface area contributed by atoms with E-state index >= 15 is 0 Å². The van der Waals surface area contributed by atoms with Crippen molar-refractivity contribution in [2.45, 2.75) is 19.8 Å². The summed E-state index contributed by atoms with van der Waals surface area (Å²) in [5.74, 6) is -2.97. The first-order chi connectivity index (χ1) is 11.9. The number of carbonyl (C=O) groups excluding carboxylic acids is 3. The van der Waals surface area contributed by atoms with Crippen molar-refractivity contribution in [3.8, 4) is 0 Å². The summed E-state index contributed by atoms with van der Waals surface area (Å²) in [5.41, 5.74) is 1.60. The van der Waals surface area contributed by atoms with Crippen LogP contribution in [0.3, 0.4) is 0 Å². The number of aliphatic hydroxyl groups is 1. The van der Waals surface area contributed by atoms with Gasteiger partial charge in [0.15, 0.2) is 5.78 Å². The van der Waals surface area contributed by atoms with Gasteiger partial charge in [-0.2, -0.15) is 0 Å². The van der Waals surface area contributed by atoms with Crippen LogP contribution in [0.5, 0.6) is 0 Å². The molecule has 0 amide bonds. The van der Waals surface area contributed by atoms with Gasteiger partial charge in [0.2, 0.25) is 0 Å². The number of rotatable bonds is 5. The Bertz CT molecular complexity index is 879. The molecule has 0 radical (unpaired) electrons. The van der Waals surface area contributed by atoms with Gasteiger partial charge in [0.25, 0.3) is 0 Å². The van der Waals surface area contributed by atoms with Crippen LogP contribution in [0.15, 0.2) is 60.2 Å². The maximum atomic E-state index is 12.9. The number of aliphatic hydroxyl groups excluding tert-OH is 1. The highest BCUT2D eigenvalue weighted by molar-refractivity contribution is 6.21. The first kappa shape index (κ1) is 16.8. The maximum Gasteiger partial charge on any atom is 0.194 e. The zero-order valence-corrected chi connectivity index (χ0v) is 14.0. The number of Topliss-reactive ketones (excluding diaryl/α,β-unsaturated/α-hetero) is 3. The van der Waals surface area contributed by atoms with E-state index in [9.17, 15) is 19.5 Å². The Labute approximate surface area is 145 Å². The fourth-order valence-electron chi connectivity index (χ4n) is 3.52. The molecule has 126 valence electrons. The smallest absolute Gasteiger partial charge is 0.194 e. The zero-order chi connectivity index (χ0) is 18.1. The third-order valence-corrected chi connectivity index (χ3v) is 4.61. The summed E-state index contributed by atoms with van der Waals surface area (Å²) in [7, 11) is 0. The predicted octanol–water partition coefficient (Wildman–Crippen LogP) is 3.73. The van der Waals surface area contributed by atoms with Gasteiger partial charge in [0.1, 0.15) is 17.3 Å². The maximum absolute atomic E-state index is 12.9. The van der Waals surface area contributed by atoms with Crippen molar-refractivity contribution in [3.05, 3.63) is 76.9 Å². The Hall–Kier alpha value is -3.01. The SMILES string of the molecule is CC(=O)C(C(C)=O)C(C1=C(O)c2ccccc2C1=O)c1ccccc1. The quantitative estimate of drug-likeness (QED) is 0.846. The largest absolute Gasteiger partial charge is 0.507 e. The number of hydrogen-bond acceptors (Lipinski definition) is 4. The summed E-state index contributed by atoms with van der Waals surface area (Å²) in [6.45, 7) is 2.68. The van der Waals surface area contributed by atoms with Crippen molar-refractivity contribution < 1.29 is 19.5 Å². The first-order valence-corrected chi connectivity index (χ1v) is 8.06. The average Bonchev–Trinajstić information content (AvgIpc) is 2.84. The molecule has 0 aromatic heterocycles. The van der Waals surface area contributed by atoms with Crippen LogP contribution in [0.4, 0.5) is 0 Å². The van der Waals surface area contributed by atoms with E-state index in [1.807, 2.05) is 6.07 Å². The number of fused-ring (bicyclic) bond motifs is 1. The predicted molar refractivity (Wildman–Crippen MR) is 94.4 cm³/mol. The van der Waals surface area contributed by atoms with Gasteiger partial charge in [-0.25, -0.2) is 0 Å². The molecular formula is C21H18O4. The van der Waals surface area contributed by atoms with Gasteiger partial charge in [-0.05, 0) is 19.4 Å². The molecule has 4 heteroatoms. The van der Waals surface area contributed by atoms with Crippen molar-refractivity contribution in [2.75, 3.05) is 0 Å². The molecule has 0 spiro atoms. The normalized spacial score (nSPS) is 14.6. The van der Waals surface area contributed by atoms with Crippen LogP contribution >= 0.6 is 0 Å². The molecule has 1 N–H and O–H groups in total. The van der Waals surface area contributed by atoms with Crippen LogP contribution in [-0.2, 0) is 9.59 Å². The summed E-state index contributed by atoms with van der Waals surface area (Å²) < 4.78 is 0. The fraction of sp³-hybridized carbons (Fsp3) is 0.190. The second-order valence-electron chi connectivity index (χ2n) is 6.22. The van der Waals surface area contributed by atoms with Crippen LogP contribution in [0.2, 0.25) is 0 Å². The molecule has 3 rings (SSSR count). The van der Waals surface area contributed by atoms with Crippen LogP contribution in [-0.4, -0.2) is 22.5 Å². The molecule has 1 aliphatic rings. The van der Waals surface area contributed by atoms with Crippen LogP contribution < -0.4 is 0 Å². The van der Waals surface area contributed by atoms with E-state index in [1.54, 1.807) is 48.5 Å². The molecule has 1 aliphatic carbocycles. The lowest BCUT2D eigenvalue weighted by atomic mass is 9.75. The van der Waals surface area contributed by atoms with E-state index in [-0.39, 0.29) is 28.7 Å². The Morgan fingerprint density at radius 1 is 0.840 bits per heavy atom. The average molecular weight is 334 g/mol. The topological polar surface area (TPSA) is 71.4 Å². The van der Waals surface area contributed by atoms with Gasteiger partial charge in [0, 0.05) is 17.0 Å². The molecule has 0 fully saturated rings. The van der Waals surface area contributed by atoms with E-state index in [0.717, 1.165) is 0 Å². The molecule has 0 heterocycles. The van der Waals surface area contributed by atoms with Gasteiger partial charge in [-0.1, -0.05) is 54.6 Å². The van der Waals surface area contributed by atoms with Gasteiger partial charge in [-0.15, -0.1) is 0 Å². The number of hydrogen-bond donors (Lipinski definition) is 1. The fourth-order valence-corrected chi connectivity index (χ4v) is 3.52. The number of carbonyl (C=O) groups is 3. The third-order valence-electron chi connectivity index (χ3n) is 4.61. The first-order valence-electron chi connectivity index (χ1n) is 8.06. The lowest BCUT2D eigenvalue weighted by Crippen LogP contribution is -2.30. The third kappa shape index (κ3) is 2.80. The minimum atomic E-state index is -1.02. The van der Waals surface area contributed by atoms with Gasteiger partial charge in [-0.3, -0.25) is 14.4 Å². The summed E-state index contributed by atoms with van der Waals surface area (Å²) >= 11 is 0. The molecule has 0 saturated heterocycles. The van der Waals surface area contributed by atoms with E-state index in [1.165, 1.54) is 13.8 Å². The minimum Gasteiger partial charge on any atom is -0.507 e. The molecule has 1 unspecified atom stereocenters. The van der Waals surface area contributed by atoms with Gasteiger partial charge < -0.3 is 5.11 Å². The highest BCUT2D eigenvalue weighted by atomic mass is 16.3. The van der Waals surface area contributed by atoms with Crippen LogP contribution in [0, 0.1) is 5.92 Å². The Kier molecular flexibility index (Phi) is 4.36. The van der Waals surface area contributed by atoms with Crippen molar-refractivity contribution in [3.63, 3.8) is 0 Å². The lowest BCUT2D eigenvalue weighted by Gasteiger charge is -2.24. The molecule has 4 nitrogen and oxygen atoms in total. The summed E-state index contributed by atoms with van der Waals surface area (Å²) in [6, 6.07) is 15.7. The van der Waals surface area contributed by atoms with Crippen molar-refractivity contribution in [2.24, 2.45) is 5.92 Å². The van der Waals surface area contributed by atoms with E-state index in [0.29, 0.717) is 16.7 Å². The zero-order valence-electron chi connectivity index (χ0n) is 14.0. The summed E-state index contributed by atoms with van der Waals surface area (Å²) in [5, 5.41) is 10.7. The summed E-state index contributed by atoms with van der Waals surface area (Å²) in [4.78, 5) is 37.3. The monoisotopic (exact) mass is 334 g/mol. The van der Waals surface area contributed by atoms with Crippen LogP contribution in [0.1, 0.15) is 41.3 Å². The highest BCUT2D eigenvalue weighted by Gasteiger charge is 2.42. The molecule has 0 aliphatic heterocycles. The van der Waals surface area contributed by atoms with Crippen molar-refractivity contribution >= 4 is 23.1 Å². The second-order valence-corrected chi connectivity index (χ2v) is 6.22. The van der Waals surface area contributed by atoms with Crippen molar-refractivity contribution in [1.82, 2.24) is 0 Å². The highest BCUT2D eigenvalue weighted by Crippen LogP contribution is 2.43. The lowest BCUT2D eigenvalue weighted by molar-refractivity contribution is -0.130. The van der Waals surface area contributed by atoms with Gasteiger partial charge >= 0.3 is 0 Å². The molecule has 25 heavy (non-hydrogen) atoms. The molecule has 2 aromatic carbocycles. The standard InChI is InChI=1S/C21H18O4/c1-12(22)17(13(2)23)18(14-8-4-3-5-9-14)19-20(24)15-10-6-7-11-16(15)21(19)25/h3-11,17-18,24H,1-2H3. The van der Waals surface area contributed by atoms with E-state index in [4.69, 9.17) is 0 Å². The number of ketones is 3. The van der Waals surface area contributed by atoms with Crippen molar-refractivity contribution in [1.29, 1.82) is 0 Å². The number of allylic oxidation sites excluding steroid dienone is 1. The molecule has 2 aromatic rings. The second kappa shape index (κ2) is 6.48. The number of benzene rings is 2. The van der Waals surface area contributed by atoms with Crippen LogP contribution in [0.25, 0.3) is 5.76 Å². The minimum absolute atomic E-state index is 0.114. The molecule has 0 bridgehead atoms. The Balaban J connectivity index is 2.23. The summed E-state index contributed by atoms with van der Waals surface area (Å²) in [6.07, 6.45) is 0.